The van der Waals surface area contributed by atoms with Crippen LogP contribution in [0.1, 0.15) is 26.7 Å². The van der Waals surface area contributed by atoms with Crippen molar-refractivity contribution in [3.63, 3.8) is 0 Å². The molecule has 0 saturated carbocycles. The van der Waals surface area contributed by atoms with Gasteiger partial charge in [0, 0.05) is 26.2 Å². The quantitative estimate of drug-likeness (QED) is 0.772. The molecular weight excluding hydrogens is 248 g/mol. The minimum absolute atomic E-state index is 0.0350. The summed E-state index contributed by atoms with van der Waals surface area (Å²) in [6.45, 7) is 6.05. The first kappa shape index (κ1) is 14.1. The predicted molar refractivity (Wildman–Crippen MR) is 68.9 cm³/mol. The van der Waals surface area contributed by atoms with Crippen LogP contribution in [-0.2, 0) is 9.53 Å². The zero-order valence-corrected chi connectivity index (χ0v) is 11.5. The Kier molecular flexibility index (Phi) is 4.29. The van der Waals surface area contributed by atoms with Gasteiger partial charge in [0.05, 0.1) is 18.1 Å². The Hall–Kier alpha value is -1.30. The molecule has 2 heterocycles. The number of hydrogen-bond acceptors (Lipinski definition) is 3. The number of morpholine rings is 1. The van der Waals surface area contributed by atoms with Crippen LogP contribution in [0.2, 0.25) is 0 Å². The summed E-state index contributed by atoms with van der Waals surface area (Å²) >= 11 is 0. The van der Waals surface area contributed by atoms with Crippen LogP contribution in [-0.4, -0.2) is 65.3 Å². The Balaban J connectivity index is 1.96. The van der Waals surface area contributed by atoms with Crippen LogP contribution in [0.3, 0.4) is 0 Å². The zero-order valence-electron chi connectivity index (χ0n) is 11.5. The van der Waals surface area contributed by atoms with Crippen molar-refractivity contribution in [2.45, 2.75) is 38.9 Å². The van der Waals surface area contributed by atoms with Crippen LogP contribution in [0.15, 0.2) is 0 Å². The Labute approximate surface area is 113 Å². The van der Waals surface area contributed by atoms with Crippen molar-refractivity contribution in [3.05, 3.63) is 0 Å². The van der Waals surface area contributed by atoms with Gasteiger partial charge in [-0.05, 0) is 26.7 Å². The fourth-order valence-electron chi connectivity index (χ4n) is 2.89. The second kappa shape index (κ2) is 5.77. The van der Waals surface area contributed by atoms with Crippen molar-refractivity contribution in [3.8, 4) is 0 Å². The van der Waals surface area contributed by atoms with E-state index in [-0.39, 0.29) is 18.2 Å². The summed E-state index contributed by atoms with van der Waals surface area (Å²) in [7, 11) is 0. The highest BCUT2D eigenvalue weighted by atomic mass is 16.5. The third-order valence-electron chi connectivity index (χ3n) is 3.73. The van der Waals surface area contributed by atoms with Gasteiger partial charge in [0.15, 0.2) is 0 Å². The topological polar surface area (TPSA) is 70.1 Å². The molecule has 2 aliphatic heterocycles. The summed E-state index contributed by atoms with van der Waals surface area (Å²) in [6, 6.07) is -0.0482. The summed E-state index contributed by atoms with van der Waals surface area (Å²) in [5, 5.41) is 9.06. The van der Waals surface area contributed by atoms with E-state index in [0.29, 0.717) is 32.6 Å². The van der Waals surface area contributed by atoms with Gasteiger partial charge in [0.1, 0.15) is 0 Å². The van der Waals surface area contributed by atoms with Gasteiger partial charge in [-0.2, -0.15) is 0 Å². The number of rotatable bonds is 1. The summed E-state index contributed by atoms with van der Waals surface area (Å²) < 4.78 is 5.61. The number of carbonyl (C=O) groups excluding carboxylic acids is 1. The molecule has 3 atom stereocenters. The monoisotopic (exact) mass is 270 g/mol. The van der Waals surface area contributed by atoms with E-state index < -0.39 is 11.9 Å². The number of nitrogens with zero attached hydrogens (tertiary/aromatic N) is 2. The average molecular weight is 270 g/mol. The van der Waals surface area contributed by atoms with E-state index >= 15 is 0 Å². The third kappa shape index (κ3) is 3.37. The van der Waals surface area contributed by atoms with Crippen molar-refractivity contribution in [2.24, 2.45) is 5.92 Å². The molecule has 0 spiro atoms. The van der Waals surface area contributed by atoms with E-state index in [0.717, 1.165) is 6.42 Å². The van der Waals surface area contributed by atoms with E-state index in [1.54, 1.807) is 9.80 Å². The van der Waals surface area contributed by atoms with Gasteiger partial charge in [-0.3, -0.25) is 4.79 Å². The molecule has 2 amide bonds. The second-order valence-electron chi connectivity index (χ2n) is 5.57. The molecule has 1 N–H and O–H groups in total. The van der Waals surface area contributed by atoms with Gasteiger partial charge < -0.3 is 19.6 Å². The molecule has 0 aromatic carbocycles. The van der Waals surface area contributed by atoms with Crippen molar-refractivity contribution in [1.29, 1.82) is 0 Å². The maximum atomic E-state index is 12.4. The lowest BCUT2D eigenvalue weighted by Crippen LogP contribution is -2.55. The maximum absolute atomic E-state index is 12.4. The normalized spacial score (nSPS) is 32.2. The van der Waals surface area contributed by atoms with Crippen LogP contribution < -0.4 is 0 Å². The minimum Gasteiger partial charge on any atom is -0.481 e. The summed E-state index contributed by atoms with van der Waals surface area (Å²) in [4.78, 5) is 26.9. The zero-order chi connectivity index (χ0) is 14.0. The highest BCUT2D eigenvalue weighted by Gasteiger charge is 2.33. The Morgan fingerprint density at radius 1 is 1.11 bits per heavy atom. The Morgan fingerprint density at radius 2 is 1.74 bits per heavy atom. The van der Waals surface area contributed by atoms with E-state index in [2.05, 4.69) is 0 Å². The number of urea groups is 1. The van der Waals surface area contributed by atoms with E-state index in [4.69, 9.17) is 9.84 Å². The van der Waals surface area contributed by atoms with Crippen molar-refractivity contribution in [2.75, 3.05) is 26.2 Å². The van der Waals surface area contributed by atoms with Crippen molar-refractivity contribution in [1.82, 2.24) is 9.80 Å². The number of aliphatic carboxylic acids is 1. The number of amides is 2. The number of ether oxygens (including phenoxy) is 1. The number of piperidine rings is 1. The molecule has 2 aliphatic rings. The van der Waals surface area contributed by atoms with Crippen LogP contribution in [0, 0.1) is 5.92 Å². The third-order valence-corrected chi connectivity index (χ3v) is 3.73. The highest BCUT2D eigenvalue weighted by molar-refractivity contribution is 5.76. The van der Waals surface area contributed by atoms with E-state index in [1.807, 2.05) is 13.8 Å². The Morgan fingerprint density at radius 3 is 2.32 bits per heavy atom. The largest absolute Gasteiger partial charge is 0.481 e. The van der Waals surface area contributed by atoms with E-state index in [9.17, 15) is 9.59 Å². The molecule has 2 saturated heterocycles. The average Bonchev–Trinajstić information content (AvgIpc) is 2.37. The molecule has 0 aliphatic carbocycles. The molecule has 2 rings (SSSR count). The molecule has 19 heavy (non-hydrogen) atoms. The summed E-state index contributed by atoms with van der Waals surface area (Å²) in [6.07, 6.45) is 1.49. The molecule has 0 radical (unpaired) electrons. The molecule has 0 aromatic rings. The fourth-order valence-corrected chi connectivity index (χ4v) is 2.89. The number of carbonyl (C=O) groups is 2. The van der Waals surface area contributed by atoms with Crippen LogP contribution in [0.25, 0.3) is 0 Å². The molecule has 6 heteroatoms. The number of hydrogen-bond donors (Lipinski definition) is 1. The van der Waals surface area contributed by atoms with Gasteiger partial charge in [0.25, 0.3) is 0 Å². The van der Waals surface area contributed by atoms with E-state index in [1.165, 1.54) is 0 Å². The second-order valence-corrected chi connectivity index (χ2v) is 5.57. The maximum Gasteiger partial charge on any atom is 0.320 e. The van der Waals surface area contributed by atoms with Gasteiger partial charge in [-0.25, -0.2) is 4.79 Å². The molecule has 6 nitrogen and oxygen atoms in total. The van der Waals surface area contributed by atoms with Gasteiger partial charge in [-0.15, -0.1) is 0 Å². The SMILES string of the molecule is C[C@@H]1CN(C(=O)N2CCCC(C(=O)O)C2)C[C@H](C)O1. The highest BCUT2D eigenvalue weighted by Crippen LogP contribution is 2.20. The molecule has 2 fully saturated rings. The molecular formula is C13H22N2O4. The smallest absolute Gasteiger partial charge is 0.320 e. The first-order valence-corrected chi connectivity index (χ1v) is 6.89. The van der Waals surface area contributed by atoms with Gasteiger partial charge in [0.2, 0.25) is 0 Å². The number of likely N-dealkylation sites (tertiary alicyclic amines) is 1. The number of carboxylic acid groups (broad SMARTS) is 1. The molecule has 0 bridgehead atoms. The fraction of sp³-hybridized carbons (Fsp3) is 0.846. The molecule has 1 unspecified atom stereocenters. The lowest BCUT2D eigenvalue weighted by atomic mass is 9.98. The van der Waals surface area contributed by atoms with Gasteiger partial charge >= 0.3 is 12.0 Å². The first-order chi connectivity index (χ1) is 8.97. The van der Waals surface area contributed by atoms with Crippen LogP contribution >= 0.6 is 0 Å². The predicted octanol–water partition coefficient (Wildman–Crippen LogP) is 1.01. The lowest BCUT2D eigenvalue weighted by Gasteiger charge is -2.40. The minimum atomic E-state index is -0.804. The van der Waals surface area contributed by atoms with Crippen LogP contribution in [0.4, 0.5) is 4.79 Å². The lowest BCUT2D eigenvalue weighted by molar-refractivity contribution is -0.143. The standard InChI is InChI=1S/C13H22N2O4/c1-9-6-15(7-10(2)19-9)13(18)14-5-3-4-11(8-14)12(16)17/h9-11H,3-8H2,1-2H3,(H,16,17)/t9-,10+,11?. The molecule has 0 aromatic heterocycles. The van der Waals surface area contributed by atoms with Crippen molar-refractivity contribution < 1.29 is 19.4 Å². The summed E-state index contributed by atoms with van der Waals surface area (Å²) in [5.74, 6) is -1.23. The van der Waals surface area contributed by atoms with Crippen molar-refractivity contribution >= 4 is 12.0 Å². The first-order valence-electron chi connectivity index (χ1n) is 6.89. The van der Waals surface area contributed by atoms with Crippen LogP contribution in [0.5, 0.6) is 0 Å². The van der Waals surface area contributed by atoms with Gasteiger partial charge in [-0.1, -0.05) is 0 Å². The Bertz CT molecular complexity index is 351. The summed E-state index contributed by atoms with van der Waals surface area (Å²) in [5.41, 5.74) is 0. The molecule has 108 valence electrons. The number of carboxylic acids is 1.